The molecule has 4 N–H and O–H groups in total. The first-order chi connectivity index (χ1) is 9.93. The molecule has 2 rings (SSSR count). The Morgan fingerprint density at radius 3 is 2.71 bits per heavy atom. The minimum absolute atomic E-state index is 0.119. The molecule has 0 unspecified atom stereocenters. The fourth-order valence-corrected chi connectivity index (χ4v) is 2.78. The maximum atomic E-state index is 10.7. The first-order valence-electron chi connectivity index (χ1n) is 7.30. The average Bonchev–Trinajstić information content (AvgIpc) is 2.46. The van der Waals surface area contributed by atoms with Gasteiger partial charge in [0.05, 0.1) is 10.5 Å². The molecule has 1 heterocycles. The minimum Gasteiger partial charge on any atom is -0.388 e. The van der Waals surface area contributed by atoms with E-state index in [4.69, 9.17) is 5.73 Å². The fraction of sp³-hybridized carbons (Fsp3) is 0.643. The maximum Gasteiger partial charge on any atom is 0.311 e. The van der Waals surface area contributed by atoms with Crippen LogP contribution in [0.15, 0.2) is 12.1 Å². The van der Waals surface area contributed by atoms with Crippen LogP contribution in [0, 0.1) is 16.0 Å². The Bertz CT molecular complexity index is 513. The second-order valence-corrected chi connectivity index (χ2v) is 5.79. The number of anilines is 2. The Labute approximate surface area is 123 Å². The Morgan fingerprint density at radius 1 is 1.52 bits per heavy atom. The summed E-state index contributed by atoms with van der Waals surface area (Å²) in [5, 5.41) is 24.2. The third-order valence-electron chi connectivity index (χ3n) is 4.31. The van der Waals surface area contributed by atoms with Crippen molar-refractivity contribution >= 4 is 17.3 Å². The number of hydrogen-bond donors (Lipinski definition) is 3. The van der Waals surface area contributed by atoms with E-state index in [2.05, 4.69) is 17.2 Å². The van der Waals surface area contributed by atoms with Crippen molar-refractivity contribution in [1.29, 1.82) is 0 Å². The minimum atomic E-state index is -0.732. The second kappa shape index (κ2) is 6.26. The lowest BCUT2D eigenvalue weighted by Crippen LogP contribution is -2.40. The average molecular weight is 294 g/mol. The largest absolute Gasteiger partial charge is 0.388 e. The van der Waals surface area contributed by atoms with Gasteiger partial charge in [0.2, 0.25) is 5.82 Å². The van der Waals surface area contributed by atoms with Gasteiger partial charge in [-0.2, -0.15) is 0 Å². The smallest absolute Gasteiger partial charge is 0.311 e. The molecule has 7 heteroatoms. The van der Waals surface area contributed by atoms with Crippen LogP contribution in [0.5, 0.6) is 0 Å². The molecule has 0 aromatic carbocycles. The summed E-state index contributed by atoms with van der Waals surface area (Å²) in [7, 11) is 0. The van der Waals surface area contributed by atoms with E-state index in [1.165, 1.54) is 12.1 Å². The van der Waals surface area contributed by atoms with Gasteiger partial charge in [-0.05, 0) is 37.7 Å². The molecular weight excluding hydrogens is 272 g/mol. The van der Waals surface area contributed by atoms with Crippen LogP contribution < -0.4 is 11.1 Å². The molecule has 1 aromatic rings. The first-order valence-corrected chi connectivity index (χ1v) is 7.30. The lowest BCUT2D eigenvalue weighted by atomic mass is 9.78. The van der Waals surface area contributed by atoms with Gasteiger partial charge in [0.25, 0.3) is 0 Å². The highest BCUT2D eigenvalue weighted by Gasteiger charge is 2.32. The Balaban J connectivity index is 1.94. The summed E-state index contributed by atoms with van der Waals surface area (Å²) < 4.78 is 0. The van der Waals surface area contributed by atoms with Crippen LogP contribution in [0.3, 0.4) is 0 Å². The normalized spacial score (nSPS) is 25.5. The highest BCUT2D eigenvalue weighted by Crippen LogP contribution is 2.33. The molecule has 0 atom stereocenters. The summed E-state index contributed by atoms with van der Waals surface area (Å²) >= 11 is 0. The van der Waals surface area contributed by atoms with E-state index < -0.39 is 10.5 Å². The van der Waals surface area contributed by atoms with Crippen LogP contribution in [0.25, 0.3) is 0 Å². The molecule has 1 saturated carbocycles. The molecule has 1 aromatic heterocycles. The van der Waals surface area contributed by atoms with Crippen molar-refractivity contribution in [2.75, 3.05) is 17.6 Å². The number of aliphatic hydroxyl groups is 1. The molecule has 7 nitrogen and oxygen atoms in total. The zero-order chi connectivity index (χ0) is 15.5. The van der Waals surface area contributed by atoms with Crippen molar-refractivity contribution < 1.29 is 10.0 Å². The van der Waals surface area contributed by atoms with Gasteiger partial charge in [0.1, 0.15) is 5.82 Å². The van der Waals surface area contributed by atoms with Gasteiger partial charge in [0.15, 0.2) is 0 Å². The molecule has 21 heavy (non-hydrogen) atoms. The fourth-order valence-electron chi connectivity index (χ4n) is 2.78. The van der Waals surface area contributed by atoms with Crippen LogP contribution >= 0.6 is 0 Å². The quantitative estimate of drug-likeness (QED) is 0.567. The van der Waals surface area contributed by atoms with Crippen LogP contribution in [0.4, 0.5) is 17.3 Å². The van der Waals surface area contributed by atoms with Gasteiger partial charge in [-0.1, -0.05) is 13.3 Å². The number of nitrogens with one attached hydrogen (secondary N) is 1. The van der Waals surface area contributed by atoms with Crippen LogP contribution in [0.1, 0.15) is 39.0 Å². The summed E-state index contributed by atoms with van der Waals surface area (Å²) in [6, 6.07) is 2.83. The van der Waals surface area contributed by atoms with Crippen molar-refractivity contribution in [3.63, 3.8) is 0 Å². The first kappa shape index (κ1) is 15.5. The predicted octanol–water partition coefficient (Wildman–Crippen LogP) is 2.32. The van der Waals surface area contributed by atoms with Gasteiger partial charge in [-0.25, -0.2) is 4.98 Å². The van der Waals surface area contributed by atoms with E-state index in [0.29, 0.717) is 18.3 Å². The zero-order valence-electron chi connectivity index (χ0n) is 12.2. The molecule has 0 aliphatic heterocycles. The summed E-state index contributed by atoms with van der Waals surface area (Å²) in [4.78, 5) is 14.1. The van der Waals surface area contributed by atoms with E-state index >= 15 is 0 Å². The monoisotopic (exact) mass is 294 g/mol. The van der Waals surface area contributed by atoms with E-state index in [1.54, 1.807) is 0 Å². The molecule has 1 aliphatic carbocycles. The predicted molar refractivity (Wildman–Crippen MR) is 81.0 cm³/mol. The number of nitrogens with two attached hydrogens (primary N) is 1. The van der Waals surface area contributed by atoms with Gasteiger partial charge in [-0.15, -0.1) is 0 Å². The molecule has 116 valence electrons. The molecule has 1 aliphatic rings. The highest BCUT2D eigenvalue weighted by atomic mass is 16.6. The molecule has 0 amide bonds. The number of nitro groups is 1. The van der Waals surface area contributed by atoms with E-state index in [1.807, 2.05) is 0 Å². The third-order valence-corrected chi connectivity index (χ3v) is 4.31. The Kier molecular flexibility index (Phi) is 4.62. The van der Waals surface area contributed by atoms with E-state index in [0.717, 1.165) is 32.1 Å². The topological polar surface area (TPSA) is 114 Å². The Morgan fingerprint density at radius 2 is 2.19 bits per heavy atom. The van der Waals surface area contributed by atoms with Crippen molar-refractivity contribution in [2.24, 2.45) is 5.92 Å². The Hall–Kier alpha value is -1.89. The van der Waals surface area contributed by atoms with Gasteiger partial charge >= 0.3 is 5.69 Å². The number of aromatic nitrogens is 1. The number of rotatable bonds is 5. The van der Waals surface area contributed by atoms with Gasteiger partial charge in [-0.3, -0.25) is 10.1 Å². The SMILES string of the molecule is CCC1CCC(O)(CNc2ccc([N+](=O)[O-])c(N)n2)CC1. The van der Waals surface area contributed by atoms with Crippen LogP contribution in [-0.2, 0) is 0 Å². The number of hydrogen-bond acceptors (Lipinski definition) is 6. The van der Waals surface area contributed by atoms with Gasteiger partial charge in [0, 0.05) is 12.6 Å². The molecule has 0 saturated heterocycles. The number of nitrogens with zero attached hydrogens (tertiary/aromatic N) is 2. The molecule has 0 spiro atoms. The zero-order valence-corrected chi connectivity index (χ0v) is 12.2. The number of nitrogen functional groups attached to an aromatic ring is 1. The summed E-state index contributed by atoms with van der Waals surface area (Å²) in [6.07, 6.45) is 4.75. The van der Waals surface area contributed by atoms with Crippen LogP contribution in [-0.4, -0.2) is 27.2 Å². The molecule has 0 radical (unpaired) electrons. The van der Waals surface area contributed by atoms with Crippen molar-refractivity contribution in [2.45, 2.75) is 44.6 Å². The molecule has 1 fully saturated rings. The highest BCUT2D eigenvalue weighted by molar-refractivity contribution is 5.57. The van der Waals surface area contributed by atoms with Crippen molar-refractivity contribution in [3.8, 4) is 0 Å². The van der Waals surface area contributed by atoms with E-state index in [9.17, 15) is 15.2 Å². The summed E-state index contributed by atoms with van der Waals surface area (Å²) in [5.74, 6) is 1.04. The number of pyridine rings is 1. The van der Waals surface area contributed by atoms with Crippen molar-refractivity contribution in [3.05, 3.63) is 22.2 Å². The summed E-state index contributed by atoms with van der Waals surface area (Å²) in [5.41, 5.74) is 4.61. The molecule has 0 bridgehead atoms. The van der Waals surface area contributed by atoms with Crippen LogP contribution in [0.2, 0.25) is 0 Å². The summed E-state index contributed by atoms with van der Waals surface area (Å²) in [6.45, 7) is 2.56. The second-order valence-electron chi connectivity index (χ2n) is 5.79. The standard InChI is InChI=1S/C14H22N4O3/c1-2-10-5-7-14(19,8-6-10)9-16-12-4-3-11(18(20)21)13(15)17-12/h3-4,10,19H,2,5-9H2,1H3,(H3,15,16,17). The lowest BCUT2D eigenvalue weighted by Gasteiger charge is -2.36. The van der Waals surface area contributed by atoms with Crippen molar-refractivity contribution in [1.82, 2.24) is 4.98 Å². The van der Waals surface area contributed by atoms with Gasteiger partial charge < -0.3 is 16.2 Å². The maximum absolute atomic E-state index is 10.7. The third kappa shape index (κ3) is 3.81. The van der Waals surface area contributed by atoms with E-state index in [-0.39, 0.29) is 11.5 Å². The lowest BCUT2D eigenvalue weighted by molar-refractivity contribution is -0.384. The molecular formula is C14H22N4O3.